The van der Waals surface area contributed by atoms with Crippen molar-refractivity contribution >= 4 is 8.32 Å². The summed E-state index contributed by atoms with van der Waals surface area (Å²) in [5.74, 6) is -0.372. The maximum absolute atomic E-state index is 9.31. The molecular weight excluding hydrogens is 308 g/mol. The molecule has 23 heavy (non-hydrogen) atoms. The SMILES string of the molecule is C/C(=C\[C@@H](C)[C@@H](CC1(C)OCCO1)O[Si](C)(C)C(C)(C)C)CO. The second kappa shape index (κ2) is 7.79. The van der Waals surface area contributed by atoms with Crippen LogP contribution in [-0.4, -0.2) is 45.1 Å². The Hall–Kier alpha value is -0.203. The van der Waals surface area contributed by atoms with Crippen molar-refractivity contribution in [1.82, 2.24) is 0 Å². The van der Waals surface area contributed by atoms with E-state index in [9.17, 15) is 5.11 Å². The molecule has 0 aliphatic carbocycles. The summed E-state index contributed by atoms with van der Waals surface area (Å²) < 4.78 is 18.3. The van der Waals surface area contributed by atoms with E-state index in [-0.39, 0.29) is 23.7 Å². The van der Waals surface area contributed by atoms with Crippen molar-refractivity contribution in [2.75, 3.05) is 19.8 Å². The highest BCUT2D eigenvalue weighted by atomic mass is 28.4. The molecule has 4 nitrogen and oxygen atoms in total. The normalized spacial score (nSPS) is 22.2. The van der Waals surface area contributed by atoms with Crippen LogP contribution in [0.15, 0.2) is 11.6 Å². The maximum Gasteiger partial charge on any atom is 0.192 e. The zero-order valence-electron chi connectivity index (χ0n) is 16.2. The van der Waals surface area contributed by atoms with Crippen LogP contribution in [0.25, 0.3) is 0 Å². The van der Waals surface area contributed by atoms with Crippen molar-refractivity contribution in [3.05, 3.63) is 11.6 Å². The summed E-state index contributed by atoms with van der Waals surface area (Å²) in [4.78, 5) is 0. The van der Waals surface area contributed by atoms with Crippen molar-refractivity contribution in [2.24, 2.45) is 5.92 Å². The van der Waals surface area contributed by atoms with E-state index in [2.05, 4.69) is 46.9 Å². The van der Waals surface area contributed by atoms with Gasteiger partial charge in [-0.1, -0.05) is 39.3 Å². The molecule has 1 rings (SSSR count). The van der Waals surface area contributed by atoms with Gasteiger partial charge in [-0.05, 0) is 37.9 Å². The summed E-state index contributed by atoms with van der Waals surface area (Å²) in [7, 11) is -1.90. The van der Waals surface area contributed by atoms with Crippen molar-refractivity contribution in [3.63, 3.8) is 0 Å². The van der Waals surface area contributed by atoms with Crippen LogP contribution in [0.1, 0.15) is 48.0 Å². The van der Waals surface area contributed by atoms with Crippen LogP contribution in [-0.2, 0) is 13.9 Å². The largest absolute Gasteiger partial charge is 0.413 e. The highest BCUT2D eigenvalue weighted by Gasteiger charge is 2.43. The molecule has 0 spiro atoms. The van der Waals surface area contributed by atoms with Crippen LogP contribution < -0.4 is 0 Å². The van der Waals surface area contributed by atoms with Gasteiger partial charge in [-0.2, -0.15) is 0 Å². The fraction of sp³-hybridized carbons (Fsp3) is 0.889. The van der Waals surface area contributed by atoms with Crippen LogP contribution in [0.4, 0.5) is 0 Å². The number of hydrogen-bond donors (Lipinski definition) is 1. The van der Waals surface area contributed by atoms with E-state index >= 15 is 0 Å². The zero-order chi connectivity index (χ0) is 17.9. The van der Waals surface area contributed by atoms with Gasteiger partial charge >= 0.3 is 0 Å². The summed E-state index contributed by atoms with van der Waals surface area (Å²) in [6.45, 7) is 18.8. The van der Waals surface area contributed by atoms with Crippen LogP contribution in [0.3, 0.4) is 0 Å². The molecule has 0 bridgehead atoms. The molecule has 1 aliphatic rings. The molecule has 0 saturated carbocycles. The average molecular weight is 345 g/mol. The van der Waals surface area contributed by atoms with Crippen molar-refractivity contribution in [3.8, 4) is 0 Å². The fourth-order valence-electron chi connectivity index (χ4n) is 2.54. The average Bonchev–Trinajstić information content (AvgIpc) is 2.82. The van der Waals surface area contributed by atoms with Crippen LogP contribution in [0.2, 0.25) is 18.1 Å². The molecule has 1 aliphatic heterocycles. The van der Waals surface area contributed by atoms with Gasteiger partial charge in [0.2, 0.25) is 0 Å². The molecule has 1 saturated heterocycles. The van der Waals surface area contributed by atoms with E-state index < -0.39 is 14.1 Å². The summed E-state index contributed by atoms with van der Waals surface area (Å²) in [6, 6.07) is 0. The van der Waals surface area contributed by atoms with Gasteiger partial charge in [-0.15, -0.1) is 0 Å². The van der Waals surface area contributed by atoms with Gasteiger partial charge in [0.05, 0.1) is 25.9 Å². The summed E-state index contributed by atoms with van der Waals surface area (Å²) in [5, 5.41) is 9.46. The predicted octanol–water partition coefficient (Wildman–Crippen LogP) is 4.10. The highest BCUT2D eigenvalue weighted by molar-refractivity contribution is 6.74. The van der Waals surface area contributed by atoms with E-state index in [0.29, 0.717) is 19.6 Å². The molecule has 1 fully saturated rings. The van der Waals surface area contributed by atoms with E-state index in [1.165, 1.54) is 0 Å². The molecule has 5 heteroatoms. The Kier molecular flexibility index (Phi) is 7.05. The molecule has 1 heterocycles. The quantitative estimate of drug-likeness (QED) is 0.558. The number of hydrogen-bond acceptors (Lipinski definition) is 4. The first kappa shape index (κ1) is 20.8. The third kappa shape index (κ3) is 5.98. The lowest BCUT2D eigenvalue weighted by molar-refractivity contribution is -0.163. The Morgan fingerprint density at radius 3 is 2.26 bits per heavy atom. The third-order valence-electron chi connectivity index (χ3n) is 5.11. The lowest BCUT2D eigenvalue weighted by Crippen LogP contribution is -2.47. The minimum Gasteiger partial charge on any atom is -0.413 e. The van der Waals surface area contributed by atoms with Crippen LogP contribution in [0.5, 0.6) is 0 Å². The maximum atomic E-state index is 9.31. The molecule has 2 atom stereocenters. The number of aliphatic hydroxyl groups excluding tert-OH is 1. The van der Waals surface area contributed by atoms with Crippen LogP contribution >= 0.6 is 0 Å². The Labute approximate surface area is 143 Å². The van der Waals surface area contributed by atoms with Crippen molar-refractivity contribution < 1.29 is 19.0 Å². The second-order valence-corrected chi connectivity index (χ2v) is 13.2. The van der Waals surface area contributed by atoms with Gasteiger partial charge in [-0.3, -0.25) is 0 Å². The first-order valence-corrected chi connectivity index (χ1v) is 11.5. The first-order valence-electron chi connectivity index (χ1n) is 8.64. The molecular formula is C18H36O4Si. The minimum absolute atomic E-state index is 0.0143. The van der Waals surface area contributed by atoms with E-state index in [4.69, 9.17) is 13.9 Å². The van der Waals surface area contributed by atoms with Crippen molar-refractivity contribution in [2.45, 2.75) is 78.0 Å². The topological polar surface area (TPSA) is 47.9 Å². The highest BCUT2D eigenvalue weighted by Crippen LogP contribution is 2.40. The van der Waals surface area contributed by atoms with Gasteiger partial charge in [0, 0.05) is 6.42 Å². The lowest BCUT2D eigenvalue weighted by atomic mass is 9.96. The summed E-state index contributed by atoms with van der Waals surface area (Å²) in [5.41, 5.74) is 0.972. The first-order chi connectivity index (χ1) is 10.4. The Morgan fingerprint density at radius 1 is 1.30 bits per heavy atom. The van der Waals surface area contributed by atoms with Gasteiger partial charge in [0.25, 0.3) is 0 Å². The zero-order valence-corrected chi connectivity index (χ0v) is 17.2. The second-order valence-electron chi connectivity index (χ2n) is 8.48. The number of ether oxygens (including phenoxy) is 2. The standard InChI is InChI=1S/C18H36O4Si/c1-14(13-19)11-15(2)16(12-18(6)20-9-10-21-18)22-23(7,8)17(3,4)5/h11,15-16,19H,9-10,12-13H2,1-8H3/b14-11+/t15-,16-/m1/s1. The van der Waals surface area contributed by atoms with Gasteiger partial charge in [-0.25, -0.2) is 0 Å². The third-order valence-corrected chi connectivity index (χ3v) is 9.61. The van der Waals surface area contributed by atoms with E-state index in [0.717, 1.165) is 5.57 Å². The molecule has 0 aromatic rings. The van der Waals surface area contributed by atoms with Crippen LogP contribution in [0, 0.1) is 5.92 Å². The van der Waals surface area contributed by atoms with Crippen molar-refractivity contribution in [1.29, 1.82) is 0 Å². The Morgan fingerprint density at radius 2 is 1.83 bits per heavy atom. The predicted molar refractivity (Wildman–Crippen MR) is 97.0 cm³/mol. The molecule has 0 aromatic carbocycles. The monoisotopic (exact) mass is 344 g/mol. The van der Waals surface area contributed by atoms with Gasteiger partial charge in [0.1, 0.15) is 0 Å². The molecule has 1 N–H and O–H groups in total. The van der Waals surface area contributed by atoms with E-state index in [1.807, 2.05) is 13.8 Å². The smallest absolute Gasteiger partial charge is 0.192 e. The molecule has 0 amide bonds. The minimum atomic E-state index is -1.90. The number of aliphatic hydroxyl groups is 1. The van der Waals surface area contributed by atoms with Gasteiger partial charge < -0.3 is 19.0 Å². The Bertz CT molecular complexity index is 406. The summed E-state index contributed by atoms with van der Waals surface area (Å²) >= 11 is 0. The number of rotatable bonds is 7. The molecule has 0 radical (unpaired) electrons. The Balaban J connectivity index is 2.96. The summed E-state index contributed by atoms with van der Waals surface area (Å²) in [6.07, 6.45) is 2.83. The van der Waals surface area contributed by atoms with Gasteiger partial charge in [0.15, 0.2) is 14.1 Å². The molecule has 136 valence electrons. The fourth-order valence-corrected chi connectivity index (χ4v) is 3.95. The lowest BCUT2D eigenvalue weighted by Gasteiger charge is -2.42. The molecule has 0 aromatic heterocycles. The molecule has 0 unspecified atom stereocenters. The van der Waals surface area contributed by atoms with E-state index in [1.54, 1.807) is 0 Å².